The quantitative estimate of drug-likeness (QED) is 0.920. The van der Waals surface area contributed by atoms with Gasteiger partial charge in [0.1, 0.15) is 17.5 Å². The molecule has 1 saturated heterocycles. The van der Waals surface area contributed by atoms with Crippen molar-refractivity contribution >= 4 is 23.2 Å². The molecular formula is C17H18N2O4S. The molecule has 0 radical (unpaired) electrons. The molecule has 1 aliphatic rings. The van der Waals surface area contributed by atoms with E-state index in [4.69, 9.17) is 9.47 Å². The van der Waals surface area contributed by atoms with Gasteiger partial charge in [-0.2, -0.15) is 0 Å². The van der Waals surface area contributed by atoms with Crippen LogP contribution in [0, 0.1) is 0 Å². The molecule has 0 spiro atoms. The van der Waals surface area contributed by atoms with Crippen LogP contribution >= 0.6 is 11.3 Å². The SMILES string of the molecule is COc1ccc(C(=O)N2CCNC(=O)[C@H]2c2cccs2)c(OC)c1. The third kappa shape index (κ3) is 2.94. The molecule has 2 heterocycles. The number of carbonyl (C=O) groups excluding carboxylic acids is 2. The number of piperazine rings is 1. The molecule has 1 aliphatic heterocycles. The van der Waals surface area contributed by atoms with Crippen LogP contribution in [0.1, 0.15) is 21.3 Å². The van der Waals surface area contributed by atoms with Gasteiger partial charge in [-0.25, -0.2) is 0 Å². The van der Waals surface area contributed by atoms with Gasteiger partial charge in [0.05, 0.1) is 19.8 Å². The van der Waals surface area contributed by atoms with Crippen molar-refractivity contribution in [2.75, 3.05) is 27.3 Å². The Balaban J connectivity index is 1.97. The molecule has 24 heavy (non-hydrogen) atoms. The summed E-state index contributed by atoms with van der Waals surface area (Å²) in [5.74, 6) is 0.636. The van der Waals surface area contributed by atoms with Crippen molar-refractivity contribution < 1.29 is 19.1 Å². The van der Waals surface area contributed by atoms with Crippen molar-refractivity contribution in [3.8, 4) is 11.5 Å². The molecule has 7 heteroatoms. The second kappa shape index (κ2) is 6.92. The average Bonchev–Trinajstić information content (AvgIpc) is 3.14. The minimum absolute atomic E-state index is 0.162. The highest BCUT2D eigenvalue weighted by Gasteiger charge is 2.36. The molecule has 1 aromatic carbocycles. The van der Waals surface area contributed by atoms with Crippen molar-refractivity contribution in [1.29, 1.82) is 0 Å². The molecule has 1 N–H and O–H groups in total. The Kier molecular flexibility index (Phi) is 4.71. The number of hydrogen-bond acceptors (Lipinski definition) is 5. The smallest absolute Gasteiger partial charge is 0.258 e. The summed E-state index contributed by atoms with van der Waals surface area (Å²) in [5, 5.41) is 4.72. The lowest BCUT2D eigenvalue weighted by atomic mass is 10.1. The highest BCUT2D eigenvalue weighted by atomic mass is 32.1. The molecule has 1 fully saturated rings. The van der Waals surface area contributed by atoms with Crippen molar-refractivity contribution in [3.63, 3.8) is 0 Å². The maximum absolute atomic E-state index is 13.1. The lowest BCUT2D eigenvalue weighted by Gasteiger charge is -2.34. The first-order valence-electron chi connectivity index (χ1n) is 7.50. The molecule has 0 aliphatic carbocycles. The summed E-state index contributed by atoms with van der Waals surface area (Å²) in [4.78, 5) is 27.8. The van der Waals surface area contributed by atoms with E-state index in [1.54, 1.807) is 30.2 Å². The molecule has 3 rings (SSSR count). The van der Waals surface area contributed by atoms with Gasteiger partial charge in [0.25, 0.3) is 5.91 Å². The molecule has 0 unspecified atom stereocenters. The van der Waals surface area contributed by atoms with Gasteiger partial charge in [-0.3, -0.25) is 9.59 Å². The van der Waals surface area contributed by atoms with Crippen LogP contribution in [0.5, 0.6) is 11.5 Å². The Hall–Kier alpha value is -2.54. The van der Waals surface area contributed by atoms with Crippen LogP contribution in [0.4, 0.5) is 0 Å². The normalized spacial score (nSPS) is 17.3. The molecular weight excluding hydrogens is 328 g/mol. The summed E-state index contributed by atoms with van der Waals surface area (Å²) in [6.45, 7) is 0.882. The van der Waals surface area contributed by atoms with Gasteiger partial charge in [0.15, 0.2) is 0 Å². The standard InChI is InChI=1S/C17H18N2O4S/c1-22-11-5-6-12(13(10-11)23-2)17(21)19-8-7-18-16(20)15(19)14-4-3-9-24-14/h3-6,9-10,15H,7-8H2,1-2H3,(H,18,20)/t15-/m1/s1. The lowest BCUT2D eigenvalue weighted by Crippen LogP contribution is -2.52. The van der Waals surface area contributed by atoms with Crippen LogP contribution in [0.25, 0.3) is 0 Å². The van der Waals surface area contributed by atoms with Gasteiger partial charge in [0.2, 0.25) is 5.91 Å². The highest BCUT2D eigenvalue weighted by molar-refractivity contribution is 7.10. The number of thiophene rings is 1. The number of carbonyl (C=O) groups is 2. The molecule has 126 valence electrons. The van der Waals surface area contributed by atoms with Crippen LogP contribution in [0.2, 0.25) is 0 Å². The Morgan fingerprint density at radius 3 is 2.79 bits per heavy atom. The van der Waals surface area contributed by atoms with E-state index < -0.39 is 6.04 Å². The molecule has 2 aromatic rings. The molecule has 1 aromatic heterocycles. The highest BCUT2D eigenvalue weighted by Crippen LogP contribution is 2.31. The van der Waals surface area contributed by atoms with Crippen molar-refractivity contribution in [2.24, 2.45) is 0 Å². The zero-order valence-corrected chi connectivity index (χ0v) is 14.3. The van der Waals surface area contributed by atoms with E-state index in [1.165, 1.54) is 18.4 Å². The number of amides is 2. The second-order valence-electron chi connectivity index (χ2n) is 5.27. The van der Waals surface area contributed by atoms with Gasteiger partial charge in [-0.05, 0) is 23.6 Å². The first-order chi connectivity index (χ1) is 11.7. The number of nitrogens with zero attached hydrogens (tertiary/aromatic N) is 1. The first-order valence-corrected chi connectivity index (χ1v) is 8.37. The van der Waals surface area contributed by atoms with Crippen molar-refractivity contribution in [3.05, 3.63) is 46.2 Å². The summed E-state index contributed by atoms with van der Waals surface area (Å²) >= 11 is 1.46. The molecule has 0 saturated carbocycles. The lowest BCUT2D eigenvalue weighted by molar-refractivity contribution is -0.127. The number of ether oxygens (including phenoxy) is 2. The van der Waals surface area contributed by atoms with Gasteiger partial charge in [-0.1, -0.05) is 6.07 Å². The van der Waals surface area contributed by atoms with Gasteiger partial charge < -0.3 is 19.7 Å². The molecule has 2 amide bonds. The average molecular weight is 346 g/mol. The van der Waals surface area contributed by atoms with Gasteiger partial charge in [-0.15, -0.1) is 11.3 Å². The number of nitrogens with one attached hydrogen (secondary N) is 1. The fourth-order valence-electron chi connectivity index (χ4n) is 2.75. The fourth-order valence-corrected chi connectivity index (χ4v) is 3.58. The van der Waals surface area contributed by atoms with E-state index in [1.807, 2.05) is 17.5 Å². The van der Waals surface area contributed by atoms with Crippen molar-refractivity contribution in [2.45, 2.75) is 6.04 Å². The maximum Gasteiger partial charge on any atom is 0.258 e. The van der Waals surface area contributed by atoms with E-state index in [0.29, 0.717) is 30.2 Å². The van der Waals surface area contributed by atoms with E-state index in [-0.39, 0.29) is 11.8 Å². The summed E-state index contributed by atoms with van der Waals surface area (Å²) < 4.78 is 10.5. The first kappa shape index (κ1) is 16.3. The third-order valence-electron chi connectivity index (χ3n) is 3.92. The summed E-state index contributed by atoms with van der Waals surface area (Å²) in [7, 11) is 3.06. The zero-order chi connectivity index (χ0) is 17.1. The Morgan fingerprint density at radius 2 is 2.12 bits per heavy atom. The summed E-state index contributed by atoms with van der Waals surface area (Å²) in [6, 6.07) is 8.16. The Morgan fingerprint density at radius 1 is 1.29 bits per heavy atom. The van der Waals surface area contributed by atoms with Crippen LogP contribution in [-0.2, 0) is 4.79 Å². The van der Waals surface area contributed by atoms with E-state index in [9.17, 15) is 9.59 Å². The predicted octanol–water partition coefficient (Wildman–Crippen LogP) is 2.08. The zero-order valence-electron chi connectivity index (χ0n) is 13.4. The summed E-state index contributed by atoms with van der Waals surface area (Å²) in [5.41, 5.74) is 0.412. The second-order valence-corrected chi connectivity index (χ2v) is 6.25. The molecule has 6 nitrogen and oxygen atoms in total. The largest absolute Gasteiger partial charge is 0.497 e. The molecule has 1 atom stereocenters. The van der Waals surface area contributed by atoms with Gasteiger partial charge in [0, 0.05) is 24.0 Å². The van der Waals surface area contributed by atoms with Crippen LogP contribution in [0.15, 0.2) is 35.7 Å². The number of hydrogen-bond donors (Lipinski definition) is 1. The predicted molar refractivity (Wildman–Crippen MR) is 90.7 cm³/mol. The Labute approximate surface area is 144 Å². The fraction of sp³-hybridized carbons (Fsp3) is 0.294. The van der Waals surface area contributed by atoms with Crippen molar-refractivity contribution in [1.82, 2.24) is 10.2 Å². The number of methoxy groups -OCH3 is 2. The Bertz CT molecular complexity index is 745. The van der Waals surface area contributed by atoms with Crippen LogP contribution in [-0.4, -0.2) is 44.0 Å². The van der Waals surface area contributed by atoms with Crippen LogP contribution in [0.3, 0.4) is 0 Å². The number of benzene rings is 1. The third-order valence-corrected chi connectivity index (χ3v) is 4.85. The minimum atomic E-state index is -0.613. The van der Waals surface area contributed by atoms with Crippen LogP contribution < -0.4 is 14.8 Å². The monoisotopic (exact) mass is 346 g/mol. The summed E-state index contributed by atoms with van der Waals surface area (Å²) in [6.07, 6.45) is 0. The van der Waals surface area contributed by atoms with E-state index in [0.717, 1.165) is 4.88 Å². The van der Waals surface area contributed by atoms with E-state index in [2.05, 4.69) is 5.32 Å². The van der Waals surface area contributed by atoms with Gasteiger partial charge >= 0.3 is 0 Å². The topological polar surface area (TPSA) is 67.9 Å². The number of rotatable bonds is 4. The minimum Gasteiger partial charge on any atom is -0.497 e. The molecule has 0 bridgehead atoms. The van der Waals surface area contributed by atoms with E-state index >= 15 is 0 Å². The maximum atomic E-state index is 13.1.